The number of rotatable bonds is 6. The third-order valence-corrected chi connectivity index (χ3v) is 4.50. The molecule has 0 atom stereocenters. The molecule has 0 bridgehead atoms. The first kappa shape index (κ1) is 22.9. The summed E-state index contributed by atoms with van der Waals surface area (Å²) in [5.41, 5.74) is 4.33. The molecule has 0 aliphatic rings. The first-order valence-corrected chi connectivity index (χ1v) is 9.32. The van der Waals surface area contributed by atoms with Gasteiger partial charge in [-0.3, -0.25) is 9.59 Å². The van der Waals surface area contributed by atoms with Crippen molar-refractivity contribution in [1.82, 2.24) is 9.97 Å². The number of amides is 2. The largest absolute Gasteiger partial charge is 0.483 e. The Morgan fingerprint density at radius 1 is 1.03 bits per heavy atom. The second-order valence-electron chi connectivity index (χ2n) is 6.07. The SMILES string of the molecule is Nc1ncc(C(=O)Nc2cc(C(=O)Nc3ccc(OCC(F)(F)F)cn3)c(F)cc2F)s1. The highest BCUT2D eigenvalue weighted by Crippen LogP contribution is 2.23. The molecule has 0 saturated heterocycles. The Balaban J connectivity index is 1.72. The highest BCUT2D eigenvalue weighted by Gasteiger charge is 2.28. The molecule has 1 aromatic carbocycles. The molecular weight excluding hydrogens is 461 g/mol. The zero-order valence-electron chi connectivity index (χ0n) is 15.7. The highest BCUT2D eigenvalue weighted by atomic mass is 32.1. The number of hydrogen-bond donors (Lipinski definition) is 3. The number of ether oxygens (including phenoxy) is 1. The fraction of sp³-hybridized carbons (Fsp3) is 0.111. The summed E-state index contributed by atoms with van der Waals surface area (Å²) in [5.74, 6) is -4.51. The lowest BCUT2D eigenvalue weighted by Gasteiger charge is -2.11. The fourth-order valence-corrected chi connectivity index (χ4v) is 2.86. The van der Waals surface area contributed by atoms with Crippen molar-refractivity contribution in [1.29, 1.82) is 0 Å². The molecule has 0 fully saturated rings. The highest BCUT2D eigenvalue weighted by molar-refractivity contribution is 7.17. The molecule has 2 heterocycles. The van der Waals surface area contributed by atoms with Crippen molar-refractivity contribution in [2.45, 2.75) is 6.18 Å². The Bertz CT molecular complexity index is 1150. The van der Waals surface area contributed by atoms with Gasteiger partial charge in [0.1, 0.15) is 28.1 Å². The van der Waals surface area contributed by atoms with Gasteiger partial charge < -0.3 is 21.1 Å². The van der Waals surface area contributed by atoms with E-state index in [-0.39, 0.29) is 21.6 Å². The van der Waals surface area contributed by atoms with Crippen molar-refractivity contribution in [2.75, 3.05) is 23.0 Å². The molecular formula is C18H12F5N5O3S. The lowest BCUT2D eigenvalue weighted by Crippen LogP contribution is -2.19. The number of nitrogens with two attached hydrogens (primary N) is 1. The number of anilines is 3. The maximum absolute atomic E-state index is 14.1. The molecule has 0 unspecified atom stereocenters. The second-order valence-corrected chi connectivity index (χ2v) is 7.13. The van der Waals surface area contributed by atoms with Crippen LogP contribution in [0, 0.1) is 11.6 Å². The average molecular weight is 473 g/mol. The van der Waals surface area contributed by atoms with E-state index in [2.05, 4.69) is 25.3 Å². The third kappa shape index (κ3) is 5.87. The van der Waals surface area contributed by atoms with Crippen LogP contribution in [0.2, 0.25) is 0 Å². The van der Waals surface area contributed by atoms with Gasteiger partial charge in [-0.2, -0.15) is 13.2 Å². The summed E-state index contributed by atoms with van der Waals surface area (Å²) < 4.78 is 69.2. The summed E-state index contributed by atoms with van der Waals surface area (Å²) >= 11 is 0.840. The summed E-state index contributed by atoms with van der Waals surface area (Å²) in [5, 5.41) is 4.50. The number of carbonyl (C=O) groups is 2. The van der Waals surface area contributed by atoms with Gasteiger partial charge in [-0.15, -0.1) is 0 Å². The van der Waals surface area contributed by atoms with Crippen molar-refractivity contribution in [3.8, 4) is 5.75 Å². The number of alkyl halides is 3. The Kier molecular flexibility index (Phi) is 6.53. The maximum atomic E-state index is 14.1. The number of aromatic nitrogens is 2. The number of nitrogens with zero attached hydrogens (tertiary/aromatic N) is 2. The van der Waals surface area contributed by atoms with E-state index < -0.39 is 47.5 Å². The summed E-state index contributed by atoms with van der Waals surface area (Å²) in [4.78, 5) is 31.9. The van der Waals surface area contributed by atoms with Gasteiger partial charge in [0, 0.05) is 6.07 Å². The van der Waals surface area contributed by atoms with Crippen LogP contribution in [0.1, 0.15) is 20.0 Å². The van der Waals surface area contributed by atoms with Crippen molar-refractivity contribution in [3.05, 3.63) is 58.7 Å². The summed E-state index contributed by atoms with van der Waals surface area (Å²) in [6.07, 6.45) is -2.44. The minimum absolute atomic E-state index is 0.0641. The minimum Gasteiger partial charge on any atom is -0.483 e. The van der Waals surface area contributed by atoms with Crippen molar-refractivity contribution in [2.24, 2.45) is 0 Å². The molecule has 0 saturated carbocycles. The topological polar surface area (TPSA) is 119 Å². The molecule has 168 valence electrons. The molecule has 0 spiro atoms. The van der Waals surface area contributed by atoms with Gasteiger partial charge >= 0.3 is 6.18 Å². The molecule has 2 amide bonds. The van der Waals surface area contributed by atoms with Crippen LogP contribution in [0.15, 0.2) is 36.7 Å². The van der Waals surface area contributed by atoms with E-state index in [4.69, 9.17) is 5.73 Å². The first-order chi connectivity index (χ1) is 15.0. The predicted molar refractivity (Wildman–Crippen MR) is 105 cm³/mol. The van der Waals surface area contributed by atoms with Crippen molar-refractivity contribution >= 4 is 39.8 Å². The van der Waals surface area contributed by atoms with Crippen LogP contribution in [0.25, 0.3) is 0 Å². The summed E-state index contributed by atoms with van der Waals surface area (Å²) in [6, 6.07) is 3.43. The smallest absolute Gasteiger partial charge is 0.422 e. The molecule has 32 heavy (non-hydrogen) atoms. The van der Waals surface area contributed by atoms with Crippen molar-refractivity contribution < 1.29 is 36.3 Å². The monoisotopic (exact) mass is 473 g/mol. The van der Waals surface area contributed by atoms with E-state index in [1.165, 1.54) is 0 Å². The van der Waals surface area contributed by atoms with Crippen LogP contribution in [-0.4, -0.2) is 34.6 Å². The summed E-state index contributed by atoms with van der Waals surface area (Å²) in [7, 11) is 0. The molecule has 0 radical (unpaired) electrons. The molecule has 4 N–H and O–H groups in total. The molecule has 3 rings (SSSR count). The number of benzene rings is 1. The quantitative estimate of drug-likeness (QED) is 0.468. The number of nitrogen functional groups attached to an aromatic ring is 1. The van der Waals surface area contributed by atoms with E-state index in [0.717, 1.165) is 41.9 Å². The number of carbonyl (C=O) groups excluding carboxylic acids is 2. The maximum Gasteiger partial charge on any atom is 0.422 e. The van der Waals surface area contributed by atoms with Gasteiger partial charge in [-0.05, 0) is 18.2 Å². The number of hydrogen-bond acceptors (Lipinski definition) is 7. The third-order valence-electron chi connectivity index (χ3n) is 3.68. The number of halogens is 5. The number of pyridine rings is 1. The van der Waals surface area contributed by atoms with Crippen LogP contribution in [0.4, 0.5) is 38.6 Å². The number of nitrogens with one attached hydrogen (secondary N) is 2. The zero-order chi connectivity index (χ0) is 23.5. The van der Waals surface area contributed by atoms with Gasteiger partial charge in [0.05, 0.1) is 23.6 Å². The van der Waals surface area contributed by atoms with Crippen LogP contribution in [0.5, 0.6) is 5.75 Å². The molecule has 2 aromatic heterocycles. The zero-order valence-corrected chi connectivity index (χ0v) is 16.5. The second kappa shape index (κ2) is 9.13. The van der Waals surface area contributed by atoms with Gasteiger partial charge in [0.15, 0.2) is 11.7 Å². The van der Waals surface area contributed by atoms with E-state index in [1.807, 2.05) is 0 Å². The lowest BCUT2D eigenvalue weighted by atomic mass is 10.1. The van der Waals surface area contributed by atoms with Crippen molar-refractivity contribution in [3.63, 3.8) is 0 Å². The molecule has 14 heteroatoms. The molecule has 8 nitrogen and oxygen atoms in total. The number of thiazole rings is 1. The van der Waals surface area contributed by atoms with Gasteiger partial charge in [-0.25, -0.2) is 18.7 Å². The Morgan fingerprint density at radius 3 is 2.38 bits per heavy atom. The standard InChI is InChI=1S/C18H12F5N5O3S/c19-10-4-11(20)12(27-16(30)13-6-26-17(24)32-13)3-9(10)15(29)28-14-2-1-8(5-25-14)31-7-18(21,22)23/h1-6H,7H2,(H2,24,26)(H,27,30)(H,25,28,29). The normalized spacial score (nSPS) is 11.2. The van der Waals surface area contributed by atoms with Crippen LogP contribution in [0.3, 0.4) is 0 Å². The van der Waals surface area contributed by atoms with Gasteiger partial charge in [-0.1, -0.05) is 11.3 Å². The Hall–Kier alpha value is -3.81. The predicted octanol–water partition coefficient (Wildman–Crippen LogP) is 3.84. The Labute approximate surface area is 180 Å². The molecule has 0 aliphatic carbocycles. The van der Waals surface area contributed by atoms with Crippen LogP contribution in [-0.2, 0) is 0 Å². The Morgan fingerprint density at radius 2 is 1.78 bits per heavy atom. The van der Waals surface area contributed by atoms with Crippen LogP contribution < -0.4 is 21.1 Å². The average Bonchev–Trinajstić information content (AvgIpc) is 3.15. The minimum atomic E-state index is -4.53. The van der Waals surface area contributed by atoms with E-state index >= 15 is 0 Å². The molecule has 0 aliphatic heterocycles. The summed E-state index contributed by atoms with van der Waals surface area (Å²) in [6.45, 7) is -1.52. The van der Waals surface area contributed by atoms with E-state index in [9.17, 15) is 31.5 Å². The van der Waals surface area contributed by atoms with Gasteiger partial charge in [0.2, 0.25) is 0 Å². The fourth-order valence-electron chi connectivity index (χ4n) is 2.28. The van der Waals surface area contributed by atoms with Crippen LogP contribution >= 0.6 is 11.3 Å². The van der Waals surface area contributed by atoms with Gasteiger partial charge in [0.25, 0.3) is 11.8 Å². The van der Waals surface area contributed by atoms with E-state index in [1.54, 1.807) is 0 Å². The lowest BCUT2D eigenvalue weighted by molar-refractivity contribution is -0.153. The van der Waals surface area contributed by atoms with E-state index in [0.29, 0.717) is 6.07 Å². The molecule has 3 aromatic rings. The first-order valence-electron chi connectivity index (χ1n) is 8.50.